The van der Waals surface area contributed by atoms with Gasteiger partial charge in [0.2, 0.25) is 5.91 Å². The van der Waals surface area contributed by atoms with E-state index in [0.717, 1.165) is 0 Å². The first-order chi connectivity index (χ1) is 10.6. The van der Waals surface area contributed by atoms with Crippen molar-refractivity contribution in [3.63, 3.8) is 0 Å². The van der Waals surface area contributed by atoms with E-state index in [1.54, 1.807) is 29.0 Å². The summed E-state index contributed by atoms with van der Waals surface area (Å²) in [5.41, 5.74) is 0.313. The number of piperazine rings is 1. The number of methoxy groups -OCH3 is 1. The van der Waals surface area contributed by atoms with Gasteiger partial charge in [-0.25, -0.2) is 0 Å². The lowest BCUT2D eigenvalue weighted by atomic mass is 10.2. The third-order valence-electron chi connectivity index (χ3n) is 3.51. The topological polar surface area (TPSA) is 87.7 Å². The van der Waals surface area contributed by atoms with Crippen molar-refractivity contribution in [2.24, 2.45) is 0 Å². The quantitative estimate of drug-likeness (QED) is 0.761. The van der Waals surface area contributed by atoms with Crippen LogP contribution >= 0.6 is 0 Å². The number of nitrogens with zero attached hydrogens (tertiary/aromatic N) is 4. The van der Waals surface area contributed by atoms with Gasteiger partial charge >= 0.3 is 0 Å². The van der Waals surface area contributed by atoms with Crippen LogP contribution in [0.2, 0.25) is 0 Å². The van der Waals surface area contributed by atoms with Gasteiger partial charge in [0.25, 0.3) is 5.91 Å². The summed E-state index contributed by atoms with van der Waals surface area (Å²) in [4.78, 5) is 27.0. The fraction of sp³-hybridized carbons (Fsp3) is 0.571. The zero-order valence-corrected chi connectivity index (χ0v) is 12.9. The molecular formula is C14H21N5O3. The van der Waals surface area contributed by atoms with Crippen molar-refractivity contribution in [2.75, 3.05) is 51.8 Å². The van der Waals surface area contributed by atoms with Gasteiger partial charge in [0.15, 0.2) is 5.69 Å². The van der Waals surface area contributed by atoms with Crippen molar-refractivity contribution in [2.45, 2.75) is 6.92 Å². The minimum Gasteiger partial charge on any atom is -0.383 e. The summed E-state index contributed by atoms with van der Waals surface area (Å²) in [6.07, 6.45) is 0. The third kappa shape index (κ3) is 4.14. The molecule has 0 aromatic carbocycles. The second kappa shape index (κ2) is 7.69. The number of anilines is 1. The third-order valence-corrected chi connectivity index (χ3v) is 3.51. The molecule has 1 N–H and O–H groups in total. The van der Waals surface area contributed by atoms with Crippen LogP contribution in [-0.2, 0) is 9.53 Å². The van der Waals surface area contributed by atoms with Crippen LogP contribution in [-0.4, -0.2) is 78.3 Å². The van der Waals surface area contributed by atoms with Gasteiger partial charge in [0.1, 0.15) is 5.82 Å². The van der Waals surface area contributed by atoms with E-state index in [9.17, 15) is 9.59 Å². The lowest BCUT2D eigenvalue weighted by molar-refractivity contribution is -0.130. The Morgan fingerprint density at radius 3 is 2.41 bits per heavy atom. The molecule has 1 aromatic rings. The van der Waals surface area contributed by atoms with Crippen LogP contribution in [0, 0.1) is 0 Å². The fourth-order valence-corrected chi connectivity index (χ4v) is 2.21. The predicted molar refractivity (Wildman–Crippen MR) is 80.6 cm³/mol. The molecule has 120 valence electrons. The first-order valence-electron chi connectivity index (χ1n) is 7.23. The summed E-state index contributed by atoms with van der Waals surface area (Å²) >= 11 is 0. The molecule has 0 saturated carbocycles. The van der Waals surface area contributed by atoms with Crippen molar-refractivity contribution in [1.82, 2.24) is 20.0 Å². The number of rotatable bonds is 5. The zero-order chi connectivity index (χ0) is 15.9. The van der Waals surface area contributed by atoms with Crippen molar-refractivity contribution in [3.05, 3.63) is 17.8 Å². The first kappa shape index (κ1) is 16.2. The van der Waals surface area contributed by atoms with E-state index in [4.69, 9.17) is 4.74 Å². The molecule has 8 nitrogen and oxygen atoms in total. The van der Waals surface area contributed by atoms with E-state index >= 15 is 0 Å². The fourth-order valence-electron chi connectivity index (χ4n) is 2.21. The molecule has 1 aliphatic rings. The Balaban J connectivity index is 1.89. The molecule has 0 spiro atoms. The molecular weight excluding hydrogens is 286 g/mol. The van der Waals surface area contributed by atoms with Crippen LogP contribution in [0.1, 0.15) is 17.4 Å². The van der Waals surface area contributed by atoms with Crippen molar-refractivity contribution in [3.8, 4) is 0 Å². The SMILES string of the molecule is COCCNc1ccc(C(=O)N2CCN(C(C)=O)CC2)nn1. The Bertz CT molecular complexity index is 512. The summed E-state index contributed by atoms with van der Waals surface area (Å²) in [5, 5.41) is 11.0. The van der Waals surface area contributed by atoms with Crippen LogP contribution in [0.15, 0.2) is 12.1 Å². The maximum atomic E-state index is 12.3. The first-order valence-corrected chi connectivity index (χ1v) is 7.23. The predicted octanol–water partition coefficient (Wildman–Crippen LogP) is -0.161. The summed E-state index contributed by atoms with van der Waals surface area (Å²) in [5.74, 6) is 0.493. The maximum absolute atomic E-state index is 12.3. The second-order valence-electron chi connectivity index (χ2n) is 5.02. The monoisotopic (exact) mass is 307 g/mol. The lowest BCUT2D eigenvalue weighted by Gasteiger charge is -2.33. The van der Waals surface area contributed by atoms with Gasteiger partial charge in [-0.2, -0.15) is 0 Å². The Hall–Kier alpha value is -2.22. The van der Waals surface area contributed by atoms with Gasteiger partial charge in [-0.1, -0.05) is 0 Å². The van der Waals surface area contributed by atoms with Gasteiger partial charge in [-0.15, -0.1) is 10.2 Å². The van der Waals surface area contributed by atoms with Crippen LogP contribution < -0.4 is 5.32 Å². The number of nitrogens with one attached hydrogen (secondary N) is 1. The molecule has 0 aliphatic carbocycles. The molecule has 2 amide bonds. The number of amides is 2. The van der Waals surface area contributed by atoms with E-state index in [2.05, 4.69) is 15.5 Å². The molecule has 2 heterocycles. The molecule has 1 aliphatic heterocycles. The molecule has 8 heteroatoms. The van der Waals surface area contributed by atoms with Gasteiger partial charge in [-0.3, -0.25) is 9.59 Å². The Kier molecular flexibility index (Phi) is 5.65. The highest BCUT2D eigenvalue weighted by atomic mass is 16.5. The molecule has 0 radical (unpaired) electrons. The summed E-state index contributed by atoms with van der Waals surface area (Å²) in [7, 11) is 1.63. The van der Waals surface area contributed by atoms with Gasteiger partial charge < -0.3 is 19.9 Å². The molecule has 22 heavy (non-hydrogen) atoms. The molecule has 2 rings (SSSR count). The number of carbonyl (C=O) groups excluding carboxylic acids is 2. The minimum absolute atomic E-state index is 0.0402. The van der Waals surface area contributed by atoms with Gasteiger partial charge in [0.05, 0.1) is 6.61 Å². The normalized spacial score (nSPS) is 14.8. The van der Waals surface area contributed by atoms with Crippen LogP contribution in [0.25, 0.3) is 0 Å². The number of aromatic nitrogens is 2. The highest BCUT2D eigenvalue weighted by Gasteiger charge is 2.24. The number of hydrogen-bond acceptors (Lipinski definition) is 6. The lowest BCUT2D eigenvalue weighted by Crippen LogP contribution is -2.50. The van der Waals surface area contributed by atoms with Gasteiger partial charge in [-0.05, 0) is 12.1 Å². The van der Waals surface area contributed by atoms with Crippen LogP contribution in [0.4, 0.5) is 5.82 Å². The molecule has 0 atom stereocenters. The van der Waals surface area contributed by atoms with E-state index in [0.29, 0.717) is 50.8 Å². The molecule has 1 aromatic heterocycles. The maximum Gasteiger partial charge on any atom is 0.274 e. The molecule has 0 bridgehead atoms. The summed E-state index contributed by atoms with van der Waals surface area (Å²) < 4.78 is 4.93. The molecule has 0 unspecified atom stereocenters. The molecule has 1 fully saturated rings. The highest BCUT2D eigenvalue weighted by molar-refractivity contribution is 5.92. The average molecular weight is 307 g/mol. The van der Waals surface area contributed by atoms with Gasteiger partial charge in [0, 0.05) is 46.8 Å². The standard InChI is InChI=1S/C14H21N5O3/c1-11(20)18-6-8-19(9-7-18)14(21)12-3-4-13(17-16-12)15-5-10-22-2/h3-4H,5-10H2,1-2H3,(H,15,17). The van der Waals surface area contributed by atoms with Crippen LogP contribution in [0.3, 0.4) is 0 Å². The van der Waals surface area contributed by atoms with E-state index in [-0.39, 0.29) is 11.8 Å². The Morgan fingerprint density at radius 2 is 1.86 bits per heavy atom. The number of ether oxygens (including phenoxy) is 1. The van der Waals surface area contributed by atoms with Crippen molar-refractivity contribution in [1.29, 1.82) is 0 Å². The molecule has 1 saturated heterocycles. The largest absolute Gasteiger partial charge is 0.383 e. The summed E-state index contributed by atoms with van der Waals surface area (Å²) in [6.45, 7) is 4.91. The zero-order valence-electron chi connectivity index (χ0n) is 12.9. The smallest absolute Gasteiger partial charge is 0.274 e. The van der Waals surface area contributed by atoms with Crippen molar-refractivity contribution >= 4 is 17.6 Å². The number of carbonyl (C=O) groups is 2. The van der Waals surface area contributed by atoms with Crippen LogP contribution in [0.5, 0.6) is 0 Å². The summed E-state index contributed by atoms with van der Waals surface area (Å²) in [6, 6.07) is 3.38. The second-order valence-corrected chi connectivity index (χ2v) is 5.02. The van der Waals surface area contributed by atoms with E-state index in [1.165, 1.54) is 6.92 Å². The van der Waals surface area contributed by atoms with Crippen molar-refractivity contribution < 1.29 is 14.3 Å². The average Bonchev–Trinajstić information content (AvgIpc) is 2.55. The highest BCUT2D eigenvalue weighted by Crippen LogP contribution is 2.08. The Labute approximate surface area is 129 Å². The number of hydrogen-bond donors (Lipinski definition) is 1. The van der Waals surface area contributed by atoms with E-state index < -0.39 is 0 Å². The minimum atomic E-state index is -0.154. The Morgan fingerprint density at radius 1 is 1.18 bits per heavy atom. The van der Waals surface area contributed by atoms with E-state index in [1.807, 2.05) is 0 Å².